The molecule has 0 saturated carbocycles. The van der Waals surface area contributed by atoms with E-state index < -0.39 is 48.1 Å². The molecule has 13 atom stereocenters. The molecule has 0 aromatic heterocycles. The molecular weight excluding hydrogens is 708 g/mol. The Morgan fingerprint density at radius 2 is 1.64 bits per heavy atom. The van der Waals surface area contributed by atoms with Crippen LogP contribution in [0.25, 0.3) is 0 Å². The highest BCUT2D eigenvalue weighted by Crippen LogP contribution is 2.40. The summed E-state index contributed by atoms with van der Waals surface area (Å²) in [6.45, 7) is 26.5. The lowest BCUT2D eigenvalue weighted by atomic mass is 9.88. The van der Waals surface area contributed by atoms with Crippen LogP contribution in [-0.4, -0.2) is 106 Å². The lowest BCUT2D eigenvalue weighted by Crippen LogP contribution is -2.44. The Balaban J connectivity index is 2.40. The normalized spacial score (nSPS) is 31.2. The van der Waals surface area contributed by atoms with E-state index >= 15 is 0 Å². The van der Waals surface area contributed by atoms with Crippen molar-refractivity contribution in [2.75, 3.05) is 26.9 Å². The van der Waals surface area contributed by atoms with E-state index in [0.29, 0.717) is 39.1 Å². The molecule has 13 unspecified atom stereocenters. The maximum Gasteiger partial charge on any atom is 0.309 e. The summed E-state index contributed by atoms with van der Waals surface area (Å²) in [6, 6.07) is 0. The van der Waals surface area contributed by atoms with E-state index in [-0.39, 0.29) is 48.8 Å². The summed E-state index contributed by atoms with van der Waals surface area (Å²) in [6.07, 6.45) is 8.94. The molecule has 1 fully saturated rings. The monoisotopic (exact) mass is 783 g/mol. The maximum atomic E-state index is 13.6. The van der Waals surface area contributed by atoms with Crippen LogP contribution in [0.5, 0.6) is 0 Å². The Morgan fingerprint density at radius 1 is 1.00 bits per heavy atom. The molecule has 2 aliphatic rings. The predicted molar refractivity (Wildman–Crippen MR) is 211 cm³/mol. The molecule has 0 bridgehead atoms. The quantitative estimate of drug-likeness (QED) is 0.0347. The first-order valence-electron chi connectivity index (χ1n) is 20.4. The van der Waals surface area contributed by atoms with Crippen molar-refractivity contribution < 1.29 is 57.0 Å². The second-order valence-electron chi connectivity index (χ2n) is 15.3. The third kappa shape index (κ3) is 16.7. The largest absolute Gasteiger partial charge is 0.457 e. The number of hydrogen-bond donors (Lipinski definition) is 0. The average Bonchev–Trinajstić information content (AvgIpc) is 3.87. The Kier molecular flexibility index (Phi) is 21.3. The van der Waals surface area contributed by atoms with E-state index in [4.69, 9.17) is 47.4 Å². The van der Waals surface area contributed by atoms with Gasteiger partial charge in [0, 0.05) is 52.1 Å². The number of allylic oxidation sites excluding steroid dienone is 2. The standard InChI is InChI=1S/C43H74O12/c1-15-36(52-33(10)48-17-3)30(7)41-37(53-41)27-42(12,55-34(11)49-18-4)24-19-20-28(5)40-29(6)21-22-38(50-31(8)44)43(13,46-14)25-23-35(26-39(45)54-40)51-32(9)47-16-2/h19-22,24,29-30,32-38,40-41H,15-18,23,25-27H2,1-14H3/b22-21-,24-19+,28-20+. The van der Waals surface area contributed by atoms with Gasteiger partial charge in [-0.1, -0.05) is 45.1 Å². The second kappa shape index (κ2) is 23.9. The van der Waals surface area contributed by atoms with Gasteiger partial charge in [0.15, 0.2) is 18.9 Å². The van der Waals surface area contributed by atoms with Gasteiger partial charge in [-0.15, -0.1) is 0 Å². The van der Waals surface area contributed by atoms with Gasteiger partial charge in [0.2, 0.25) is 0 Å². The number of methoxy groups -OCH3 is 1. The highest BCUT2D eigenvalue weighted by Gasteiger charge is 2.49. The number of carbonyl (C=O) groups excluding carboxylic acids is 2. The van der Waals surface area contributed by atoms with Gasteiger partial charge in [-0.2, -0.15) is 0 Å². The molecule has 0 spiro atoms. The molecule has 318 valence electrons. The minimum absolute atomic E-state index is 0.000596. The highest BCUT2D eigenvalue weighted by atomic mass is 16.7. The first-order chi connectivity index (χ1) is 25.9. The van der Waals surface area contributed by atoms with Crippen molar-refractivity contribution in [1.82, 2.24) is 0 Å². The van der Waals surface area contributed by atoms with Crippen molar-refractivity contribution >= 4 is 11.9 Å². The van der Waals surface area contributed by atoms with Crippen LogP contribution in [0.1, 0.15) is 122 Å². The number of rotatable bonds is 22. The van der Waals surface area contributed by atoms with E-state index in [0.717, 1.165) is 12.0 Å². The van der Waals surface area contributed by atoms with Crippen LogP contribution in [0.4, 0.5) is 0 Å². The van der Waals surface area contributed by atoms with Gasteiger partial charge in [0.25, 0.3) is 0 Å². The number of hydrogen-bond acceptors (Lipinski definition) is 12. The molecule has 12 nitrogen and oxygen atoms in total. The molecule has 1 saturated heterocycles. The summed E-state index contributed by atoms with van der Waals surface area (Å²) in [5.74, 6) is -0.925. The van der Waals surface area contributed by atoms with Crippen LogP contribution in [-0.2, 0) is 57.0 Å². The van der Waals surface area contributed by atoms with Crippen LogP contribution in [0.3, 0.4) is 0 Å². The van der Waals surface area contributed by atoms with Crippen molar-refractivity contribution in [3.63, 3.8) is 0 Å². The Hall–Kier alpha value is -2.16. The summed E-state index contributed by atoms with van der Waals surface area (Å²) in [5.41, 5.74) is -0.787. The van der Waals surface area contributed by atoms with Crippen molar-refractivity contribution in [2.45, 2.75) is 189 Å². The Morgan fingerprint density at radius 3 is 2.24 bits per heavy atom. The SMILES string of the molecule is CCOC(C)OC1CCC(C)(OC)C(OC(C)=O)/C=C\C(C)C(/C(C)=C/C=C/C(C)(CC2OC2C(C)C(CC)OC(C)OCC)OC(C)OCC)OC(=O)C1. The number of epoxide rings is 1. The van der Waals surface area contributed by atoms with Crippen LogP contribution >= 0.6 is 0 Å². The molecule has 0 radical (unpaired) electrons. The summed E-state index contributed by atoms with van der Waals surface area (Å²) in [5, 5.41) is 0. The molecule has 0 aromatic rings. The number of ether oxygens (including phenoxy) is 10. The lowest BCUT2D eigenvalue weighted by Gasteiger charge is -2.36. The summed E-state index contributed by atoms with van der Waals surface area (Å²) in [7, 11) is 1.60. The fourth-order valence-electron chi connectivity index (χ4n) is 7.29. The average molecular weight is 783 g/mol. The zero-order chi connectivity index (χ0) is 41.3. The van der Waals surface area contributed by atoms with Crippen LogP contribution in [0, 0.1) is 11.8 Å². The van der Waals surface area contributed by atoms with E-state index in [2.05, 4.69) is 13.8 Å². The molecule has 55 heavy (non-hydrogen) atoms. The third-order valence-electron chi connectivity index (χ3n) is 10.4. The van der Waals surface area contributed by atoms with Gasteiger partial charge in [-0.3, -0.25) is 9.59 Å². The molecule has 0 aromatic carbocycles. The molecule has 2 aliphatic heterocycles. The van der Waals surface area contributed by atoms with Crippen molar-refractivity contribution in [3.8, 4) is 0 Å². The van der Waals surface area contributed by atoms with E-state index in [1.54, 1.807) is 14.0 Å². The van der Waals surface area contributed by atoms with E-state index in [9.17, 15) is 9.59 Å². The van der Waals surface area contributed by atoms with E-state index in [1.165, 1.54) is 6.92 Å². The fraction of sp³-hybridized carbons (Fsp3) is 0.814. The zero-order valence-electron chi connectivity index (χ0n) is 36.3. The summed E-state index contributed by atoms with van der Waals surface area (Å²) < 4.78 is 60.1. The molecule has 2 rings (SSSR count). The molecule has 12 heteroatoms. The molecule has 2 heterocycles. The van der Waals surface area contributed by atoms with Crippen molar-refractivity contribution in [2.24, 2.45) is 11.8 Å². The molecular formula is C43H74O12. The lowest BCUT2D eigenvalue weighted by molar-refractivity contribution is -0.181. The highest BCUT2D eigenvalue weighted by molar-refractivity contribution is 5.70. The van der Waals surface area contributed by atoms with Crippen LogP contribution in [0.2, 0.25) is 0 Å². The predicted octanol–water partition coefficient (Wildman–Crippen LogP) is 8.01. The molecule has 0 amide bonds. The van der Waals surface area contributed by atoms with Crippen LogP contribution in [0.15, 0.2) is 36.0 Å². The fourth-order valence-corrected chi connectivity index (χ4v) is 7.29. The summed E-state index contributed by atoms with van der Waals surface area (Å²) >= 11 is 0. The van der Waals surface area contributed by atoms with Crippen molar-refractivity contribution in [1.29, 1.82) is 0 Å². The first kappa shape index (κ1) is 49.0. The topological polar surface area (TPSA) is 130 Å². The van der Waals surface area contributed by atoms with Gasteiger partial charge < -0.3 is 47.4 Å². The van der Waals surface area contributed by atoms with Gasteiger partial charge in [-0.05, 0) is 93.2 Å². The molecule has 0 N–H and O–H groups in total. The Bertz CT molecular complexity index is 1240. The van der Waals surface area contributed by atoms with Gasteiger partial charge >= 0.3 is 11.9 Å². The van der Waals surface area contributed by atoms with Crippen molar-refractivity contribution in [3.05, 3.63) is 36.0 Å². The van der Waals surface area contributed by atoms with Gasteiger partial charge in [0.05, 0.1) is 36.4 Å². The zero-order valence-corrected chi connectivity index (χ0v) is 36.3. The maximum absolute atomic E-state index is 13.6. The van der Waals surface area contributed by atoms with E-state index in [1.807, 2.05) is 92.7 Å². The Labute approximate surface area is 331 Å². The first-order valence-corrected chi connectivity index (χ1v) is 20.4. The number of carbonyl (C=O) groups is 2. The summed E-state index contributed by atoms with van der Waals surface area (Å²) in [4.78, 5) is 25.8. The van der Waals surface area contributed by atoms with Gasteiger partial charge in [-0.25, -0.2) is 0 Å². The second-order valence-corrected chi connectivity index (χ2v) is 15.3. The molecule has 0 aliphatic carbocycles. The van der Waals surface area contributed by atoms with Crippen LogP contribution < -0.4 is 0 Å². The van der Waals surface area contributed by atoms with Gasteiger partial charge in [0.1, 0.15) is 17.8 Å². The number of cyclic esters (lactones) is 1. The minimum atomic E-state index is -0.873. The number of esters is 2. The third-order valence-corrected chi connectivity index (χ3v) is 10.4. The minimum Gasteiger partial charge on any atom is -0.457 e. The smallest absolute Gasteiger partial charge is 0.309 e.